The third-order valence-electron chi connectivity index (χ3n) is 1.74. The lowest BCUT2D eigenvalue weighted by Gasteiger charge is -2.00. The standard InChI is InChI=1S/C10H8BrN2/c1-8-6-13(7-12-8)10-4-2-3-9(11)5-10/h2-7H,1H2. The molecule has 1 heterocycles. The van der Waals surface area contributed by atoms with E-state index in [1.807, 2.05) is 35.0 Å². The molecule has 0 atom stereocenters. The zero-order valence-corrected chi connectivity index (χ0v) is 8.53. The summed E-state index contributed by atoms with van der Waals surface area (Å²) < 4.78 is 3.00. The number of halogens is 1. The van der Waals surface area contributed by atoms with Crippen LogP contribution in [0.3, 0.4) is 0 Å². The second-order valence-corrected chi connectivity index (χ2v) is 3.67. The molecule has 2 aromatic rings. The first-order valence-corrected chi connectivity index (χ1v) is 4.67. The molecule has 0 fully saturated rings. The molecule has 0 bridgehead atoms. The first-order chi connectivity index (χ1) is 6.25. The summed E-state index contributed by atoms with van der Waals surface area (Å²) in [5.41, 5.74) is 1.86. The van der Waals surface area contributed by atoms with Gasteiger partial charge in [0.25, 0.3) is 0 Å². The van der Waals surface area contributed by atoms with E-state index in [4.69, 9.17) is 0 Å². The Bertz CT molecular complexity index is 420. The van der Waals surface area contributed by atoms with Crippen molar-refractivity contribution in [3.63, 3.8) is 0 Å². The van der Waals surface area contributed by atoms with Crippen LogP contribution < -0.4 is 0 Å². The Hall–Kier alpha value is -1.09. The molecule has 1 aromatic carbocycles. The number of aromatic nitrogens is 2. The lowest BCUT2D eigenvalue weighted by Crippen LogP contribution is -1.88. The van der Waals surface area contributed by atoms with Gasteiger partial charge in [-0.3, -0.25) is 0 Å². The van der Waals surface area contributed by atoms with Crippen LogP contribution >= 0.6 is 15.9 Å². The monoisotopic (exact) mass is 235 g/mol. The zero-order valence-electron chi connectivity index (χ0n) is 6.94. The van der Waals surface area contributed by atoms with E-state index in [2.05, 4.69) is 27.8 Å². The minimum absolute atomic E-state index is 0.778. The molecule has 2 rings (SSSR count). The van der Waals surface area contributed by atoms with Crippen molar-refractivity contribution in [2.24, 2.45) is 0 Å². The fourth-order valence-corrected chi connectivity index (χ4v) is 1.53. The molecule has 13 heavy (non-hydrogen) atoms. The van der Waals surface area contributed by atoms with Gasteiger partial charge in [-0.15, -0.1) is 0 Å². The van der Waals surface area contributed by atoms with E-state index >= 15 is 0 Å². The molecule has 0 aliphatic heterocycles. The summed E-state index contributed by atoms with van der Waals surface area (Å²) in [5.74, 6) is 0. The largest absolute Gasteiger partial charge is 0.306 e. The minimum atomic E-state index is 0.778. The molecule has 0 N–H and O–H groups in total. The number of nitrogens with zero attached hydrogens (tertiary/aromatic N) is 2. The van der Waals surface area contributed by atoms with E-state index in [1.165, 1.54) is 0 Å². The van der Waals surface area contributed by atoms with Crippen LogP contribution in [0.15, 0.2) is 41.3 Å². The third kappa shape index (κ3) is 1.80. The van der Waals surface area contributed by atoms with Crippen LogP contribution in [0.1, 0.15) is 5.69 Å². The highest BCUT2D eigenvalue weighted by Gasteiger charge is 1.97. The van der Waals surface area contributed by atoms with Gasteiger partial charge in [0.05, 0.1) is 12.0 Å². The van der Waals surface area contributed by atoms with Gasteiger partial charge in [0.2, 0.25) is 0 Å². The van der Waals surface area contributed by atoms with Crippen molar-refractivity contribution < 1.29 is 0 Å². The van der Waals surface area contributed by atoms with Crippen molar-refractivity contribution in [1.82, 2.24) is 9.55 Å². The van der Waals surface area contributed by atoms with E-state index in [1.54, 1.807) is 6.33 Å². The molecule has 2 nitrogen and oxygen atoms in total. The van der Waals surface area contributed by atoms with E-state index in [9.17, 15) is 0 Å². The number of rotatable bonds is 1. The maximum Gasteiger partial charge on any atom is 0.0995 e. The van der Waals surface area contributed by atoms with Gasteiger partial charge in [-0.05, 0) is 25.1 Å². The summed E-state index contributed by atoms with van der Waals surface area (Å²) in [7, 11) is 0. The summed E-state index contributed by atoms with van der Waals surface area (Å²) in [5, 5.41) is 0. The second kappa shape index (κ2) is 3.34. The first-order valence-electron chi connectivity index (χ1n) is 3.87. The molecule has 0 saturated heterocycles. The van der Waals surface area contributed by atoms with E-state index in [0.717, 1.165) is 15.9 Å². The van der Waals surface area contributed by atoms with Crippen LogP contribution in [0.5, 0.6) is 0 Å². The smallest absolute Gasteiger partial charge is 0.0995 e. The summed E-state index contributed by atoms with van der Waals surface area (Å²) in [4.78, 5) is 4.06. The molecular weight excluding hydrogens is 228 g/mol. The van der Waals surface area contributed by atoms with Crippen molar-refractivity contribution in [1.29, 1.82) is 0 Å². The number of hydrogen-bond donors (Lipinski definition) is 0. The van der Waals surface area contributed by atoms with Crippen molar-refractivity contribution in [3.8, 4) is 5.69 Å². The fraction of sp³-hybridized carbons (Fsp3) is 0. The Morgan fingerprint density at radius 3 is 2.85 bits per heavy atom. The van der Waals surface area contributed by atoms with E-state index < -0.39 is 0 Å². The van der Waals surface area contributed by atoms with Gasteiger partial charge in [0, 0.05) is 16.4 Å². The fourth-order valence-electron chi connectivity index (χ4n) is 1.14. The van der Waals surface area contributed by atoms with Crippen LogP contribution in [-0.4, -0.2) is 9.55 Å². The molecular formula is C10H8BrN2. The Labute approximate surface area is 85.4 Å². The summed E-state index contributed by atoms with van der Waals surface area (Å²) in [6.07, 6.45) is 3.64. The number of hydrogen-bond acceptors (Lipinski definition) is 1. The van der Waals surface area contributed by atoms with Crippen LogP contribution in [-0.2, 0) is 0 Å². The Balaban J connectivity index is 2.46. The second-order valence-electron chi connectivity index (χ2n) is 2.75. The van der Waals surface area contributed by atoms with Crippen molar-refractivity contribution in [3.05, 3.63) is 53.9 Å². The highest BCUT2D eigenvalue weighted by Crippen LogP contribution is 2.15. The third-order valence-corrected chi connectivity index (χ3v) is 2.24. The first kappa shape index (κ1) is 8.51. The summed E-state index contributed by atoms with van der Waals surface area (Å²) >= 11 is 3.42. The number of benzene rings is 1. The van der Waals surface area contributed by atoms with Crippen LogP contribution in [0.4, 0.5) is 0 Å². The molecule has 0 saturated carbocycles. The van der Waals surface area contributed by atoms with Gasteiger partial charge in [-0.1, -0.05) is 22.0 Å². The van der Waals surface area contributed by atoms with Gasteiger partial charge in [-0.25, -0.2) is 4.98 Å². The Morgan fingerprint density at radius 1 is 1.38 bits per heavy atom. The maximum atomic E-state index is 4.06. The SMILES string of the molecule is [CH2]c1cn(-c2cccc(Br)c2)cn1. The van der Waals surface area contributed by atoms with Crippen molar-refractivity contribution in [2.45, 2.75) is 0 Å². The molecule has 0 unspecified atom stereocenters. The highest BCUT2D eigenvalue weighted by atomic mass is 79.9. The molecule has 0 aliphatic carbocycles. The molecule has 0 amide bonds. The molecule has 1 aromatic heterocycles. The van der Waals surface area contributed by atoms with Gasteiger partial charge in [0.15, 0.2) is 0 Å². The van der Waals surface area contributed by atoms with Gasteiger partial charge < -0.3 is 4.57 Å². The van der Waals surface area contributed by atoms with Crippen LogP contribution in [0.2, 0.25) is 0 Å². The molecule has 3 heteroatoms. The topological polar surface area (TPSA) is 17.8 Å². The average molecular weight is 236 g/mol. The predicted octanol–water partition coefficient (Wildman–Crippen LogP) is 2.82. The lowest BCUT2D eigenvalue weighted by atomic mass is 10.3. The van der Waals surface area contributed by atoms with Crippen LogP contribution in [0, 0.1) is 6.92 Å². The quantitative estimate of drug-likeness (QED) is 0.744. The highest BCUT2D eigenvalue weighted by molar-refractivity contribution is 9.10. The molecule has 1 radical (unpaired) electrons. The lowest BCUT2D eigenvalue weighted by molar-refractivity contribution is 1.06. The predicted molar refractivity (Wildman–Crippen MR) is 55.7 cm³/mol. The normalized spacial score (nSPS) is 10.3. The Morgan fingerprint density at radius 2 is 2.23 bits per heavy atom. The molecule has 0 spiro atoms. The minimum Gasteiger partial charge on any atom is -0.306 e. The van der Waals surface area contributed by atoms with E-state index in [-0.39, 0.29) is 0 Å². The van der Waals surface area contributed by atoms with E-state index in [0.29, 0.717) is 0 Å². The average Bonchev–Trinajstić information content (AvgIpc) is 2.52. The maximum absolute atomic E-state index is 4.06. The summed E-state index contributed by atoms with van der Waals surface area (Å²) in [6.45, 7) is 3.75. The van der Waals surface area contributed by atoms with Gasteiger partial charge >= 0.3 is 0 Å². The molecule has 65 valence electrons. The zero-order chi connectivity index (χ0) is 9.26. The van der Waals surface area contributed by atoms with Crippen molar-refractivity contribution in [2.75, 3.05) is 0 Å². The Kier molecular flexibility index (Phi) is 2.19. The summed E-state index contributed by atoms with van der Waals surface area (Å²) in [6, 6.07) is 8.03. The number of imidazole rings is 1. The van der Waals surface area contributed by atoms with Crippen LogP contribution in [0.25, 0.3) is 5.69 Å². The van der Waals surface area contributed by atoms with Crippen molar-refractivity contribution >= 4 is 15.9 Å². The molecule has 0 aliphatic rings. The van der Waals surface area contributed by atoms with Gasteiger partial charge in [0.1, 0.15) is 0 Å². The van der Waals surface area contributed by atoms with Gasteiger partial charge in [-0.2, -0.15) is 0 Å².